The minimum Gasteiger partial charge on any atom is -0.489 e. The van der Waals surface area contributed by atoms with Crippen molar-refractivity contribution in [3.8, 4) is 22.9 Å². The zero-order chi connectivity index (χ0) is 24.9. The lowest BCUT2D eigenvalue weighted by Gasteiger charge is -2.40. The Kier molecular flexibility index (Phi) is 7.98. The summed E-state index contributed by atoms with van der Waals surface area (Å²) in [5, 5.41) is 49.5. The highest BCUT2D eigenvalue weighted by Gasteiger charge is 2.43. The van der Waals surface area contributed by atoms with Gasteiger partial charge in [0.2, 0.25) is 0 Å². The Morgan fingerprint density at radius 2 is 1.66 bits per heavy atom. The van der Waals surface area contributed by atoms with E-state index < -0.39 is 37.1 Å². The predicted octanol–water partition coefficient (Wildman–Crippen LogP) is 2.24. The van der Waals surface area contributed by atoms with E-state index in [1.165, 1.54) is 0 Å². The van der Waals surface area contributed by atoms with E-state index in [0.29, 0.717) is 29.2 Å². The zero-order valence-corrected chi connectivity index (χ0v) is 19.4. The van der Waals surface area contributed by atoms with E-state index in [0.717, 1.165) is 5.56 Å². The van der Waals surface area contributed by atoms with Gasteiger partial charge < -0.3 is 29.9 Å². The second-order valence-corrected chi connectivity index (χ2v) is 8.67. The molecule has 5 atom stereocenters. The van der Waals surface area contributed by atoms with Crippen LogP contribution in [0.1, 0.15) is 16.8 Å². The van der Waals surface area contributed by atoms with Crippen molar-refractivity contribution in [2.75, 3.05) is 6.61 Å². The minimum atomic E-state index is -1.48. The van der Waals surface area contributed by atoms with Gasteiger partial charge in [0.05, 0.1) is 18.3 Å². The maximum absolute atomic E-state index is 10.4. The van der Waals surface area contributed by atoms with E-state index in [9.17, 15) is 25.7 Å². The molecule has 182 valence electrons. The number of hydrogen-bond donors (Lipinski definition) is 4. The van der Waals surface area contributed by atoms with Gasteiger partial charge in [0, 0.05) is 17.7 Å². The molecule has 9 heteroatoms. The van der Waals surface area contributed by atoms with Crippen LogP contribution in [0.3, 0.4) is 0 Å². The SMILES string of the molecule is N#Cc1c(-c2ccc(OCc3ccccc3)cc2)cc(C[C@@H]2O[C@H](CO)[C@@H](O)[C@H](O)[C@H]2O)nc1Cl. The van der Waals surface area contributed by atoms with E-state index in [4.69, 9.17) is 21.1 Å². The van der Waals surface area contributed by atoms with Gasteiger partial charge in [-0.15, -0.1) is 0 Å². The molecule has 0 unspecified atom stereocenters. The Bertz CT molecular complexity index is 1180. The van der Waals surface area contributed by atoms with Crippen molar-refractivity contribution in [3.63, 3.8) is 0 Å². The van der Waals surface area contributed by atoms with Gasteiger partial charge in [0.15, 0.2) is 0 Å². The van der Waals surface area contributed by atoms with Gasteiger partial charge in [0.1, 0.15) is 48.0 Å². The van der Waals surface area contributed by atoms with Gasteiger partial charge in [-0.05, 0) is 29.3 Å². The molecule has 1 aliphatic rings. The van der Waals surface area contributed by atoms with E-state index >= 15 is 0 Å². The summed E-state index contributed by atoms with van der Waals surface area (Å²) in [7, 11) is 0. The fourth-order valence-corrected chi connectivity index (χ4v) is 4.28. The molecule has 0 aliphatic carbocycles. The third kappa shape index (κ3) is 5.63. The number of nitrogens with zero attached hydrogens (tertiary/aromatic N) is 2. The molecular weight excluding hydrogens is 472 g/mol. The number of aliphatic hydroxyl groups is 4. The van der Waals surface area contributed by atoms with Gasteiger partial charge in [-0.25, -0.2) is 4.98 Å². The van der Waals surface area contributed by atoms with Crippen LogP contribution in [0.4, 0.5) is 0 Å². The fourth-order valence-electron chi connectivity index (χ4n) is 4.03. The Hall–Kier alpha value is -3.03. The molecule has 1 saturated heterocycles. The lowest BCUT2D eigenvalue weighted by molar-refractivity contribution is -0.228. The van der Waals surface area contributed by atoms with E-state index in [1.54, 1.807) is 18.2 Å². The van der Waals surface area contributed by atoms with Crippen LogP contribution in [0.15, 0.2) is 60.7 Å². The quantitative estimate of drug-likeness (QED) is 0.366. The zero-order valence-electron chi connectivity index (χ0n) is 18.7. The van der Waals surface area contributed by atoms with Crippen LogP contribution < -0.4 is 4.74 Å². The van der Waals surface area contributed by atoms with Gasteiger partial charge in [0.25, 0.3) is 0 Å². The van der Waals surface area contributed by atoms with Gasteiger partial charge >= 0.3 is 0 Å². The van der Waals surface area contributed by atoms with Gasteiger partial charge in [-0.3, -0.25) is 0 Å². The maximum atomic E-state index is 10.4. The maximum Gasteiger partial charge on any atom is 0.147 e. The van der Waals surface area contributed by atoms with Crippen LogP contribution >= 0.6 is 11.6 Å². The van der Waals surface area contributed by atoms with E-state index in [2.05, 4.69) is 11.1 Å². The lowest BCUT2D eigenvalue weighted by atomic mass is 9.92. The standard InChI is InChI=1S/C26H25ClN2O6/c27-26-20(12-28)19(16-6-8-18(9-7-16)34-14-15-4-2-1-3-5-15)10-17(29-26)11-21-23(31)25(33)24(32)22(13-30)35-21/h1-10,21-25,30-33H,11,13-14H2/t21-,22+,23-,24+,25+/m0/s1. The molecule has 4 rings (SSSR count). The third-order valence-corrected chi connectivity index (χ3v) is 6.23. The fraction of sp³-hybridized carbons (Fsp3) is 0.308. The van der Waals surface area contributed by atoms with Crippen molar-refractivity contribution in [2.45, 2.75) is 43.5 Å². The monoisotopic (exact) mass is 496 g/mol. The van der Waals surface area contributed by atoms with Crippen molar-refractivity contribution in [1.82, 2.24) is 4.98 Å². The third-order valence-electron chi connectivity index (χ3n) is 5.96. The van der Waals surface area contributed by atoms with Crippen molar-refractivity contribution < 1.29 is 29.9 Å². The molecule has 1 aliphatic heterocycles. The Morgan fingerprint density at radius 1 is 0.971 bits per heavy atom. The summed E-state index contributed by atoms with van der Waals surface area (Å²) in [5.74, 6) is 0.665. The molecule has 0 spiro atoms. The summed E-state index contributed by atoms with van der Waals surface area (Å²) < 4.78 is 11.4. The smallest absolute Gasteiger partial charge is 0.147 e. The number of nitriles is 1. The average molecular weight is 497 g/mol. The Balaban J connectivity index is 1.55. The molecule has 0 saturated carbocycles. The highest BCUT2D eigenvalue weighted by atomic mass is 35.5. The number of aliphatic hydroxyl groups excluding tert-OH is 4. The van der Waals surface area contributed by atoms with Crippen LogP contribution in [0.25, 0.3) is 11.1 Å². The van der Waals surface area contributed by atoms with Gasteiger partial charge in [-0.1, -0.05) is 54.1 Å². The summed E-state index contributed by atoms with van der Waals surface area (Å²) >= 11 is 6.30. The molecule has 8 nitrogen and oxygen atoms in total. The van der Waals surface area contributed by atoms with Crippen molar-refractivity contribution in [1.29, 1.82) is 5.26 Å². The van der Waals surface area contributed by atoms with Crippen molar-refractivity contribution in [3.05, 3.63) is 82.6 Å². The summed E-state index contributed by atoms with van der Waals surface area (Å²) in [6, 6.07) is 20.7. The second kappa shape index (κ2) is 11.1. The highest BCUT2D eigenvalue weighted by molar-refractivity contribution is 6.31. The summed E-state index contributed by atoms with van der Waals surface area (Å²) in [6.07, 6.45) is -6.24. The minimum absolute atomic E-state index is 0.00556. The van der Waals surface area contributed by atoms with Crippen LogP contribution in [-0.4, -0.2) is 62.5 Å². The molecule has 3 aromatic rings. The largest absolute Gasteiger partial charge is 0.489 e. The molecule has 0 amide bonds. The summed E-state index contributed by atoms with van der Waals surface area (Å²) in [6.45, 7) is -0.0963. The first-order chi connectivity index (χ1) is 16.9. The lowest BCUT2D eigenvalue weighted by Crippen LogP contribution is -2.59. The number of ether oxygens (including phenoxy) is 2. The average Bonchev–Trinajstić information content (AvgIpc) is 2.88. The van der Waals surface area contributed by atoms with Crippen molar-refractivity contribution in [2.24, 2.45) is 0 Å². The molecule has 0 bridgehead atoms. The number of pyridine rings is 1. The second-order valence-electron chi connectivity index (χ2n) is 8.31. The van der Waals surface area contributed by atoms with Crippen LogP contribution in [-0.2, 0) is 17.8 Å². The van der Waals surface area contributed by atoms with Gasteiger partial charge in [-0.2, -0.15) is 5.26 Å². The molecule has 1 aromatic heterocycles. The molecule has 35 heavy (non-hydrogen) atoms. The number of hydrogen-bond acceptors (Lipinski definition) is 8. The molecule has 4 N–H and O–H groups in total. The molecule has 1 fully saturated rings. The predicted molar refractivity (Wildman–Crippen MR) is 128 cm³/mol. The van der Waals surface area contributed by atoms with Crippen LogP contribution in [0.5, 0.6) is 5.75 Å². The number of halogens is 1. The molecular formula is C26H25ClN2O6. The van der Waals surface area contributed by atoms with E-state index in [1.807, 2.05) is 42.5 Å². The Morgan fingerprint density at radius 3 is 2.31 bits per heavy atom. The van der Waals surface area contributed by atoms with Crippen molar-refractivity contribution >= 4 is 11.6 Å². The first kappa shape index (κ1) is 25.1. The van der Waals surface area contributed by atoms with Crippen LogP contribution in [0.2, 0.25) is 5.15 Å². The summed E-state index contributed by atoms with van der Waals surface area (Å²) in [4.78, 5) is 4.25. The van der Waals surface area contributed by atoms with Crippen LogP contribution in [0, 0.1) is 11.3 Å². The molecule has 2 aromatic carbocycles. The normalized spacial score (nSPS) is 24.1. The number of aromatic nitrogens is 1. The molecule has 0 radical (unpaired) electrons. The Labute approximate surface area is 207 Å². The first-order valence-electron chi connectivity index (χ1n) is 11.1. The number of benzene rings is 2. The highest BCUT2D eigenvalue weighted by Crippen LogP contribution is 2.31. The molecule has 2 heterocycles. The topological polar surface area (TPSA) is 136 Å². The number of rotatable bonds is 7. The summed E-state index contributed by atoms with van der Waals surface area (Å²) in [5.41, 5.74) is 2.91. The van der Waals surface area contributed by atoms with E-state index in [-0.39, 0.29) is 17.1 Å². The first-order valence-corrected chi connectivity index (χ1v) is 11.5.